The van der Waals surface area contributed by atoms with Crippen molar-refractivity contribution in [2.45, 2.75) is 6.92 Å². The van der Waals surface area contributed by atoms with Gasteiger partial charge >= 0.3 is 6.03 Å². The summed E-state index contributed by atoms with van der Waals surface area (Å²) in [5.74, 6) is 0. The van der Waals surface area contributed by atoms with Crippen LogP contribution >= 0.6 is 27.3 Å². The van der Waals surface area contributed by atoms with Gasteiger partial charge in [0, 0.05) is 21.9 Å². The van der Waals surface area contributed by atoms with Crippen LogP contribution in [-0.4, -0.2) is 11.0 Å². The average Bonchev–Trinajstić information content (AvgIpc) is 3.13. The van der Waals surface area contributed by atoms with E-state index in [2.05, 4.69) is 45.6 Å². The van der Waals surface area contributed by atoms with Crippen LogP contribution < -0.4 is 10.6 Å². The number of carbonyl (C=O) groups is 1. The third-order valence-corrected chi connectivity index (χ3v) is 6.11. The minimum atomic E-state index is -0.295. The number of carbonyl (C=O) groups excluding carboxylic acids is 1. The number of hydrogen-bond acceptors (Lipinski definition) is 3. The SMILES string of the molecule is Cc1ccc2nc(-c3ccc(NC(=O)N/C=C/c4ccccc4Br)cc3)sc2c1. The predicted octanol–water partition coefficient (Wildman–Crippen LogP) is 6.83. The zero-order chi connectivity index (χ0) is 20.2. The first-order chi connectivity index (χ1) is 14.1. The minimum absolute atomic E-state index is 0.295. The fraction of sp³-hybridized carbons (Fsp3) is 0.0435. The zero-order valence-electron chi connectivity index (χ0n) is 15.6. The van der Waals surface area contributed by atoms with E-state index in [1.165, 1.54) is 10.3 Å². The van der Waals surface area contributed by atoms with Crippen LogP contribution in [-0.2, 0) is 0 Å². The third kappa shape index (κ3) is 4.72. The van der Waals surface area contributed by atoms with Gasteiger partial charge in [0.05, 0.1) is 10.2 Å². The van der Waals surface area contributed by atoms with Crippen molar-refractivity contribution in [3.63, 3.8) is 0 Å². The second-order valence-corrected chi connectivity index (χ2v) is 8.41. The van der Waals surface area contributed by atoms with Crippen LogP contribution in [0.2, 0.25) is 0 Å². The number of benzene rings is 3. The van der Waals surface area contributed by atoms with Crippen molar-refractivity contribution in [3.8, 4) is 10.6 Å². The maximum atomic E-state index is 12.1. The van der Waals surface area contributed by atoms with Crippen molar-refractivity contribution < 1.29 is 4.79 Å². The van der Waals surface area contributed by atoms with E-state index < -0.39 is 0 Å². The number of anilines is 1. The first kappa shape index (κ1) is 19.4. The molecule has 0 bridgehead atoms. The fourth-order valence-electron chi connectivity index (χ4n) is 2.84. The molecule has 144 valence electrons. The molecular formula is C23H18BrN3OS. The molecule has 0 radical (unpaired) electrons. The van der Waals surface area contributed by atoms with E-state index in [4.69, 9.17) is 4.98 Å². The van der Waals surface area contributed by atoms with Crippen molar-refractivity contribution >= 4 is 55.3 Å². The molecule has 4 nitrogen and oxygen atoms in total. The molecule has 4 rings (SSSR count). The lowest BCUT2D eigenvalue weighted by Gasteiger charge is -2.05. The van der Waals surface area contributed by atoms with Crippen LogP contribution in [0.4, 0.5) is 10.5 Å². The Morgan fingerprint density at radius 2 is 1.86 bits per heavy atom. The minimum Gasteiger partial charge on any atom is -0.314 e. The van der Waals surface area contributed by atoms with Gasteiger partial charge in [-0.2, -0.15) is 0 Å². The van der Waals surface area contributed by atoms with Crippen LogP contribution in [0.1, 0.15) is 11.1 Å². The molecule has 0 fully saturated rings. The van der Waals surface area contributed by atoms with Crippen molar-refractivity contribution in [2.75, 3.05) is 5.32 Å². The van der Waals surface area contributed by atoms with Crippen molar-refractivity contribution in [2.24, 2.45) is 0 Å². The van der Waals surface area contributed by atoms with Crippen molar-refractivity contribution in [1.82, 2.24) is 10.3 Å². The number of amides is 2. The van der Waals surface area contributed by atoms with Gasteiger partial charge in [0.2, 0.25) is 0 Å². The highest BCUT2D eigenvalue weighted by molar-refractivity contribution is 9.10. The Balaban J connectivity index is 1.39. The summed E-state index contributed by atoms with van der Waals surface area (Å²) in [6.45, 7) is 2.08. The van der Waals surface area contributed by atoms with Crippen LogP contribution in [0.5, 0.6) is 0 Å². The Kier molecular flexibility index (Phi) is 5.74. The summed E-state index contributed by atoms with van der Waals surface area (Å²) in [6, 6.07) is 21.5. The van der Waals surface area contributed by atoms with Crippen LogP contribution in [0, 0.1) is 6.92 Å². The number of urea groups is 1. The number of fused-ring (bicyclic) bond motifs is 1. The molecule has 3 aromatic carbocycles. The molecule has 2 N–H and O–H groups in total. The van der Waals surface area contributed by atoms with E-state index in [0.29, 0.717) is 0 Å². The van der Waals surface area contributed by atoms with Gasteiger partial charge in [-0.25, -0.2) is 9.78 Å². The second-order valence-electron chi connectivity index (χ2n) is 6.52. The monoisotopic (exact) mass is 463 g/mol. The molecule has 0 saturated heterocycles. The number of thiazole rings is 1. The summed E-state index contributed by atoms with van der Waals surface area (Å²) < 4.78 is 2.15. The van der Waals surface area contributed by atoms with E-state index in [0.717, 1.165) is 31.8 Å². The first-order valence-corrected chi connectivity index (χ1v) is 10.7. The number of aromatic nitrogens is 1. The van der Waals surface area contributed by atoms with E-state index in [1.54, 1.807) is 17.5 Å². The normalized spacial score (nSPS) is 11.1. The molecule has 6 heteroatoms. The summed E-state index contributed by atoms with van der Waals surface area (Å²) in [6.07, 6.45) is 3.45. The topological polar surface area (TPSA) is 54.0 Å². The highest BCUT2D eigenvalue weighted by atomic mass is 79.9. The molecule has 1 aromatic heterocycles. The number of nitrogens with zero attached hydrogens (tertiary/aromatic N) is 1. The molecule has 0 saturated carbocycles. The lowest BCUT2D eigenvalue weighted by Crippen LogP contribution is -2.23. The Morgan fingerprint density at radius 1 is 1.07 bits per heavy atom. The van der Waals surface area contributed by atoms with Gasteiger partial charge in [0.1, 0.15) is 5.01 Å². The van der Waals surface area contributed by atoms with E-state index >= 15 is 0 Å². The number of halogens is 1. The van der Waals surface area contributed by atoms with Gasteiger partial charge < -0.3 is 10.6 Å². The lowest BCUT2D eigenvalue weighted by atomic mass is 10.2. The molecule has 0 spiro atoms. The first-order valence-electron chi connectivity index (χ1n) is 9.05. The smallest absolute Gasteiger partial charge is 0.314 e. The summed E-state index contributed by atoms with van der Waals surface area (Å²) >= 11 is 5.14. The van der Waals surface area contributed by atoms with E-state index in [9.17, 15) is 4.79 Å². The van der Waals surface area contributed by atoms with Gasteiger partial charge in [-0.15, -0.1) is 11.3 Å². The van der Waals surface area contributed by atoms with Crippen LogP contribution in [0.3, 0.4) is 0 Å². The summed E-state index contributed by atoms with van der Waals surface area (Å²) in [4.78, 5) is 16.8. The fourth-order valence-corrected chi connectivity index (χ4v) is 4.32. The largest absolute Gasteiger partial charge is 0.323 e. The van der Waals surface area contributed by atoms with Crippen LogP contribution in [0.15, 0.2) is 77.4 Å². The molecule has 0 aliphatic carbocycles. The van der Waals surface area contributed by atoms with Gasteiger partial charge in [-0.3, -0.25) is 0 Å². The average molecular weight is 464 g/mol. The summed E-state index contributed by atoms with van der Waals surface area (Å²) in [5.41, 5.74) is 4.98. The molecule has 4 aromatic rings. The maximum absolute atomic E-state index is 12.1. The van der Waals surface area contributed by atoms with Crippen LogP contribution in [0.25, 0.3) is 26.9 Å². The quantitative estimate of drug-likeness (QED) is 0.348. The van der Waals surface area contributed by atoms with Gasteiger partial charge in [0.15, 0.2) is 0 Å². The Morgan fingerprint density at radius 3 is 2.66 bits per heavy atom. The number of aryl methyl sites for hydroxylation is 1. The molecule has 0 atom stereocenters. The zero-order valence-corrected chi connectivity index (χ0v) is 18.0. The molecule has 2 amide bonds. The Bertz CT molecular complexity index is 1200. The third-order valence-electron chi connectivity index (χ3n) is 4.32. The van der Waals surface area contributed by atoms with E-state index in [-0.39, 0.29) is 6.03 Å². The van der Waals surface area contributed by atoms with Crippen molar-refractivity contribution in [1.29, 1.82) is 0 Å². The maximum Gasteiger partial charge on any atom is 0.323 e. The van der Waals surface area contributed by atoms with Gasteiger partial charge in [0.25, 0.3) is 0 Å². The standard InChI is InChI=1S/C23H18BrN3OS/c1-15-6-11-20-21(14-15)29-22(27-20)17-7-9-18(10-8-17)26-23(28)25-13-12-16-4-2-3-5-19(16)24/h2-14H,1H3,(H2,25,26,28)/b13-12+. The molecule has 0 unspecified atom stereocenters. The summed E-state index contributed by atoms with van der Waals surface area (Å²) in [5, 5.41) is 6.51. The molecule has 0 aliphatic rings. The molecular weight excluding hydrogens is 446 g/mol. The molecule has 1 heterocycles. The van der Waals surface area contributed by atoms with Gasteiger partial charge in [-0.05, 0) is 66.6 Å². The van der Waals surface area contributed by atoms with Gasteiger partial charge in [-0.1, -0.05) is 40.2 Å². The molecule has 29 heavy (non-hydrogen) atoms. The Hall–Kier alpha value is -2.96. The highest BCUT2D eigenvalue weighted by Crippen LogP contribution is 2.31. The second kappa shape index (κ2) is 8.59. The molecule has 0 aliphatic heterocycles. The number of hydrogen-bond donors (Lipinski definition) is 2. The Labute approximate surface area is 181 Å². The van der Waals surface area contributed by atoms with Crippen molar-refractivity contribution in [3.05, 3.63) is 88.5 Å². The predicted molar refractivity (Wildman–Crippen MR) is 125 cm³/mol. The number of rotatable bonds is 4. The van der Waals surface area contributed by atoms with E-state index in [1.807, 2.05) is 60.7 Å². The highest BCUT2D eigenvalue weighted by Gasteiger charge is 2.07. The summed E-state index contributed by atoms with van der Waals surface area (Å²) in [7, 11) is 0. The number of nitrogens with one attached hydrogen (secondary N) is 2. The lowest BCUT2D eigenvalue weighted by molar-refractivity contribution is 0.255.